The maximum Gasteiger partial charge on any atom is 0.244 e. The van der Waals surface area contributed by atoms with E-state index in [-0.39, 0.29) is 5.69 Å². The number of nitrogens with one attached hydrogen (secondary N) is 2. The first-order chi connectivity index (χ1) is 14.2. The molecular weight excluding hydrogens is 418 g/mol. The van der Waals surface area contributed by atoms with Crippen LogP contribution in [0.5, 0.6) is 0 Å². The van der Waals surface area contributed by atoms with Crippen molar-refractivity contribution in [3.8, 4) is 5.69 Å². The average molecular weight is 436 g/mol. The first-order valence-corrected chi connectivity index (χ1v) is 10.3. The highest BCUT2D eigenvalue weighted by atomic mass is 32.2. The minimum Gasteiger partial charge on any atom is -0.322 e. The van der Waals surface area contributed by atoms with E-state index in [0.29, 0.717) is 5.69 Å². The third-order valence-corrected chi connectivity index (χ3v) is 5.65. The fraction of sp³-hybridized carbons (Fsp3) is 0.222. The van der Waals surface area contributed by atoms with E-state index in [1.165, 1.54) is 35.3 Å². The Morgan fingerprint density at radius 3 is 2.47 bits per heavy atom. The number of sulfonamides is 1. The molecule has 1 heterocycles. The SMILES string of the molecule is CC(C)[C@H](NS(=O)(=O)c1ccccc1F)C(=O)Nc1cc(-n2cnnn2)ccc1F. The summed E-state index contributed by atoms with van der Waals surface area (Å²) in [4.78, 5) is 12.2. The van der Waals surface area contributed by atoms with Crippen molar-refractivity contribution in [2.75, 3.05) is 5.32 Å². The predicted molar refractivity (Wildman–Crippen MR) is 103 cm³/mol. The van der Waals surface area contributed by atoms with Crippen molar-refractivity contribution in [1.29, 1.82) is 0 Å². The molecule has 3 aromatic rings. The molecule has 1 atom stereocenters. The Bertz CT molecular complexity index is 1150. The Hall–Kier alpha value is -3.25. The molecule has 12 heteroatoms. The molecule has 0 aliphatic carbocycles. The molecule has 3 rings (SSSR count). The van der Waals surface area contributed by atoms with Gasteiger partial charge < -0.3 is 5.32 Å². The zero-order chi connectivity index (χ0) is 21.9. The smallest absolute Gasteiger partial charge is 0.244 e. The number of rotatable bonds is 7. The van der Waals surface area contributed by atoms with Crippen molar-refractivity contribution in [3.05, 3.63) is 60.4 Å². The second-order valence-corrected chi connectivity index (χ2v) is 8.36. The average Bonchev–Trinajstić information content (AvgIpc) is 3.22. The second kappa shape index (κ2) is 8.63. The Labute approximate surface area is 171 Å². The van der Waals surface area contributed by atoms with Crippen molar-refractivity contribution < 1.29 is 22.0 Å². The Morgan fingerprint density at radius 1 is 1.10 bits per heavy atom. The zero-order valence-electron chi connectivity index (χ0n) is 16.0. The number of amides is 1. The lowest BCUT2D eigenvalue weighted by molar-refractivity contribution is -0.118. The van der Waals surface area contributed by atoms with E-state index in [1.54, 1.807) is 13.8 Å². The van der Waals surface area contributed by atoms with Crippen molar-refractivity contribution in [2.45, 2.75) is 24.8 Å². The zero-order valence-corrected chi connectivity index (χ0v) is 16.8. The number of carbonyl (C=O) groups is 1. The van der Waals surface area contributed by atoms with Gasteiger partial charge in [-0.2, -0.15) is 4.72 Å². The van der Waals surface area contributed by atoms with Gasteiger partial charge in [0.15, 0.2) is 0 Å². The molecule has 2 aromatic carbocycles. The van der Waals surface area contributed by atoms with E-state index >= 15 is 0 Å². The summed E-state index contributed by atoms with van der Waals surface area (Å²) in [6, 6.07) is 7.32. The van der Waals surface area contributed by atoms with E-state index in [4.69, 9.17) is 0 Å². The van der Waals surface area contributed by atoms with Gasteiger partial charge in [0.2, 0.25) is 15.9 Å². The molecule has 0 unspecified atom stereocenters. The molecule has 0 bridgehead atoms. The maximum atomic E-state index is 14.2. The fourth-order valence-corrected chi connectivity index (χ4v) is 4.05. The van der Waals surface area contributed by atoms with Crippen LogP contribution in [-0.2, 0) is 14.8 Å². The Balaban J connectivity index is 1.85. The Morgan fingerprint density at radius 2 is 1.83 bits per heavy atom. The van der Waals surface area contributed by atoms with Gasteiger partial charge in [0.25, 0.3) is 0 Å². The molecule has 0 radical (unpaired) electrons. The van der Waals surface area contributed by atoms with Gasteiger partial charge in [-0.25, -0.2) is 21.9 Å². The normalized spacial score (nSPS) is 12.7. The van der Waals surface area contributed by atoms with Gasteiger partial charge in [0.1, 0.15) is 28.9 Å². The van der Waals surface area contributed by atoms with Crippen LogP contribution >= 0.6 is 0 Å². The molecule has 0 aliphatic rings. The number of carbonyl (C=O) groups excluding carboxylic acids is 1. The molecular formula is C18H18F2N6O3S. The van der Waals surface area contributed by atoms with E-state index in [2.05, 4.69) is 25.6 Å². The highest BCUT2D eigenvalue weighted by molar-refractivity contribution is 7.89. The third kappa shape index (κ3) is 4.66. The van der Waals surface area contributed by atoms with Crippen LogP contribution in [0.3, 0.4) is 0 Å². The first-order valence-electron chi connectivity index (χ1n) is 8.79. The highest BCUT2D eigenvalue weighted by Gasteiger charge is 2.30. The van der Waals surface area contributed by atoms with E-state index in [0.717, 1.165) is 18.2 Å². The second-order valence-electron chi connectivity index (χ2n) is 6.68. The van der Waals surface area contributed by atoms with Gasteiger partial charge in [-0.1, -0.05) is 26.0 Å². The van der Waals surface area contributed by atoms with Crippen LogP contribution in [0.1, 0.15) is 13.8 Å². The summed E-state index contributed by atoms with van der Waals surface area (Å²) in [5.41, 5.74) is 0.188. The van der Waals surface area contributed by atoms with Crippen LogP contribution in [0.15, 0.2) is 53.7 Å². The van der Waals surface area contributed by atoms with Crippen LogP contribution in [0.2, 0.25) is 0 Å². The molecule has 9 nitrogen and oxygen atoms in total. The van der Waals surface area contributed by atoms with Crippen molar-refractivity contribution in [1.82, 2.24) is 24.9 Å². The summed E-state index contributed by atoms with van der Waals surface area (Å²) in [7, 11) is -4.34. The molecule has 0 saturated carbocycles. The number of benzene rings is 2. The van der Waals surface area contributed by atoms with Crippen LogP contribution in [0, 0.1) is 17.6 Å². The molecule has 1 amide bonds. The summed E-state index contributed by atoms with van der Waals surface area (Å²) in [5, 5.41) is 13.0. The van der Waals surface area contributed by atoms with Gasteiger partial charge in [-0.15, -0.1) is 5.10 Å². The number of aromatic nitrogens is 4. The lowest BCUT2D eigenvalue weighted by Crippen LogP contribution is -2.47. The van der Waals surface area contributed by atoms with E-state index < -0.39 is 44.4 Å². The van der Waals surface area contributed by atoms with Crippen LogP contribution < -0.4 is 10.0 Å². The highest BCUT2D eigenvalue weighted by Crippen LogP contribution is 2.20. The molecule has 0 spiro atoms. The molecule has 0 fully saturated rings. The topological polar surface area (TPSA) is 119 Å². The van der Waals surface area contributed by atoms with Gasteiger partial charge >= 0.3 is 0 Å². The number of tetrazole rings is 1. The number of halogens is 2. The van der Waals surface area contributed by atoms with Gasteiger partial charge in [-0.3, -0.25) is 4.79 Å². The summed E-state index contributed by atoms with van der Waals surface area (Å²) in [6.07, 6.45) is 1.29. The van der Waals surface area contributed by atoms with Crippen molar-refractivity contribution in [3.63, 3.8) is 0 Å². The lowest BCUT2D eigenvalue weighted by atomic mass is 10.0. The van der Waals surface area contributed by atoms with E-state index in [9.17, 15) is 22.0 Å². The molecule has 1 aromatic heterocycles. The number of hydrogen-bond acceptors (Lipinski definition) is 6. The lowest BCUT2D eigenvalue weighted by Gasteiger charge is -2.22. The van der Waals surface area contributed by atoms with Crippen LogP contribution in [0.4, 0.5) is 14.5 Å². The number of anilines is 1. The molecule has 158 valence electrons. The Kier molecular flexibility index (Phi) is 6.17. The first kappa shape index (κ1) is 21.5. The minimum atomic E-state index is -4.34. The van der Waals surface area contributed by atoms with Crippen LogP contribution in [0.25, 0.3) is 5.69 Å². The number of nitrogens with zero attached hydrogens (tertiary/aromatic N) is 4. The maximum absolute atomic E-state index is 14.2. The largest absolute Gasteiger partial charge is 0.322 e. The summed E-state index contributed by atoms with van der Waals surface area (Å²) >= 11 is 0. The van der Waals surface area contributed by atoms with E-state index in [1.807, 2.05) is 0 Å². The third-order valence-electron chi connectivity index (χ3n) is 4.18. The standard InChI is InChI=1S/C18H18F2N6O3S/c1-11(2)17(23-30(28,29)16-6-4-3-5-14(16)20)18(27)22-15-9-12(7-8-13(15)19)26-10-21-24-25-26/h3-11,17,23H,1-2H3,(H,22,27)/t17-/m0/s1. The van der Waals surface area contributed by atoms with Gasteiger partial charge in [0, 0.05) is 0 Å². The molecule has 0 aliphatic heterocycles. The monoisotopic (exact) mass is 436 g/mol. The molecule has 30 heavy (non-hydrogen) atoms. The molecule has 2 N–H and O–H groups in total. The fourth-order valence-electron chi connectivity index (χ4n) is 2.63. The quantitative estimate of drug-likeness (QED) is 0.584. The number of hydrogen-bond donors (Lipinski definition) is 2. The van der Waals surface area contributed by atoms with Gasteiger partial charge in [-0.05, 0) is 46.7 Å². The summed E-state index contributed by atoms with van der Waals surface area (Å²) in [5.74, 6) is -3.01. The summed E-state index contributed by atoms with van der Waals surface area (Å²) in [6.45, 7) is 3.20. The molecule has 0 saturated heterocycles. The predicted octanol–water partition coefficient (Wildman–Crippen LogP) is 1.88. The minimum absolute atomic E-state index is 0.191. The summed E-state index contributed by atoms with van der Waals surface area (Å²) < 4.78 is 56.7. The van der Waals surface area contributed by atoms with Crippen LogP contribution in [-0.4, -0.2) is 40.6 Å². The van der Waals surface area contributed by atoms with Gasteiger partial charge in [0.05, 0.1) is 11.4 Å². The van der Waals surface area contributed by atoms with Crippen molar-refractivity contribution >= 4 is 21.6 Å². The van der Waals surface area contributed by atoms with Crippen molar-refractivity contribution in [2.24, 2.45) is 5.92 Å².